The standard InChI is InChI=1S/C12H12AsF2N3OS/c1-13(2)7-3-5-8(6-4-7)16-12(19)10-9(11(14)15)17-18-20-10/h3-6,11H,1-2H3,(H,16,19). The number of aromatic nitrogens is 2. The molecule has 20 heavy (non-hydrogen) atoms. The predicted molar refractivity (Wildman–Crippen MR) is 76.4 cm³/mol. The number of halogens is 2. The molecule has 2 rings (SSSR count). The van der Waals surface area contributed by atoms with E-state index in [2.05, 4.69) is 26.3 Å². The zero-order valence-corrected chi connectivity index (χ0v) is 13.5. The minimum absolute atomic E-state index is 0.150. The molecule has 0 radical (unpaired) electrons. The maximum absolute atomic E-state index is 12.6. The van der Waals surface area contributed by atoms with E-state index in [0.29, 0.717) is 17.2 Å². The van der Waals surface area contributed by atoms with Crippen LogP contribution >= 0.6 is 11.5 Å². The number of carbonyl (C=O) groups is 1. The Balaban J connectivity index is 2.13. The zero-order chi connectivity index (χ0) is 14.7. The van der Waals surface area contributed by atoms with Gasteiger partial charge in [-0.15, -0.1) is 0 Å². The fraction of sp³-hybridized carbons (Fsp3) is 0.250. The molecule has 0 saturated heterocycles. The van der Waals surface area contributed by atoms with Gasteiger partial charge in [-0.3, -0.25) is 0 Å². The number of alkyl halides is 2. The first-order valence-electron chi connectivity index (χ1n) is 5.68. The molecule has 8 heteroatoms. The Bertz CT molecular complexity index is 601. The molecule has 1 aromatic carbocycles. The van der Waals surface area contributed by atoms with Crippen LogP contribution in [0.4, 0.5) is 14.5 Å². The molecular weight excluding hydrogens is 347 g/mol. The van der Waals surface area contributed by atoms with Gasteiger partial charge in [-0.2, -0.15) is 0 Å². The van der Waals surface area contributed by atoms with Gasteiger partial charge in [0, 0.05) is 0 Å². The molecule has 0 unspecified atom stereocenters. The molecular formula is C12H12AsF2N3OS. The van der Waals surface area contributed by atoms with E-state index >= 15 is 0 Å². The average Bonchev–Trinajstić information content (AvgIpc) is 2.88. The summed E-state index contributed by atoms with van der Waals surface area (Å²) < 4.78 is 29.9. The fourth-order valence-electron chi connectivity index (χ4n) is 1.53. The summed E-state index contributed by atoms with van der Waals surface area (Å²) in [6, 6.07) is 7.46. The van der Waals surface area contributed by atoms with Crippen LogP contribution in [0, 0.1) is 0 Å². The van der Waals surface area contributed by atoms with E-state index in [1.165, 1.54) is 4.35 Å². The molecule has 106 valence electrons. The van der Waals surface area contributed by atoms with Crippen molar-refractivity contribution in [2.75, 3.05) is 5.32 Å². The number of hydrogen-bond acceptors (Lipinski definition) is 4. The van der Waals surface area contributed by atoms with E-state index in [9.17, 15) is 13.6 Å². The first kappa shape index (κ1) is 15.1. The van der Waals surface area contributed by atoms with Gasteiger partial charge in [0.25, 0.3) is 0 Å². The number of anilines is 1. The number of nitrogens with one attached hydrogen (secondary N) is 1. The normalized spacial score (nSPS) is 11.1. The van der Waals surface area contributed by atoms with E-state index in [1.54, 1.807) is 12.1 Å². The Morgan fingerprint density at radius 2 is 1.95 bits per heavy atom. The molecule has 1 heterocycles. The molecule has 0 fully saturated rings. The molecule has 0 spiro atoms. The third-order valence-corrected chi connectivity index (χ3v) is 6.10. The number of nitrogens with zero attached hydrogens (tertiary/aromatic N) is 2. The van der Waals surface area contributed by atoms with Crippen molar-refractivity contribution < 1.29 is 13.6 Å². The Hall–Kier alpha value is -1.33. The van der Waals surface area contributed by atoms with Gasteiger partial charge in [0.2, 0.25) is 0 Å². The second-order valence-corrected chi connectivity index (χ2v) is 9.77. The molecule has 0 saturated carbocycles. The number of carbonyl (C=O) groups excluding carboxylic acids is 1. The van der Waals surface area contributed by atoms with Crippen LogP contribution in [0.25, 0.3) is 0 Å². The van der Waals surface area contributed by atoms with Gasteiger partial charge in [-0.05, 0) is 0 Å². The van der Waals surface area contributed by atoms with Crippen molar-refractivity contribution in [3.05, 3.63) is 34.8 Å². The Labute approximate surface area is 123 Å². The Morgan fingerprint density at radius 3 is 2.50 bits per heavy atom. The molecule has 0 aliphatic carbocycles. The van der Waals surface area contributed by atoms with Crippen LogP contribution in [0.15, 0.2) is 24.3 Å². The maximum atomic E-state index is 12.6. The molecule has 4 nitrogen and oxygen atoms in total. The quantitative estimate of drug-likeness (QED) is 0.854. The number of benzene rings is 1. The van der Waals surface area contributed by atoms with Crippen LogP contribution in [-0.4, -0.2) is 30.1 Å². The summed E-state index contributed by atoms with van der Waals surface area (Å²) in [5.41, 5.74) is 4.42. The predicted octanol–water partition coefficient (Wildman–Crippen LogP) is 2.69. The van der Waals surface area contributed by atoms with Crippen LogP contribution in [0.2, 0.25) is 11.4 Å². The van der Waals surface area contributed by atoms with E-state index in [-0.39, 0.29) is 4.88 Å². The van der Waals surface area contributed by atoms with Crippen LogP contribution in [0.5, 0.6) is 0 Å². The molecule has 1 N–H and O–H groups in total. The van der Waals surface area contributed by atoms with Crippen molar-refractivity contribution in [3.8, 4) is 0 Å². The summed E-state index contributed by atoms with van der Waals surface area (Å²) in [5, 5.41) is 5.86. The van der Waals surface area contributed by atoms with Gasteiger partial charge < -0.3 is 0 Å². The molecule has 0 aliphatic heterocycles. The molecule has 2 aromatic rings. The van der Waals surface area contributed by atoms with Gasteiger partial charge in [0.1, 0.15) is 0 Å². The van der Waals surface area contributed by atoms with Crippen molar-refractivity contribution in [1.82, 2.24) is 9.59 Å². The van der Waals surface area contributed by atoms with Crippen molar-refractivity contribution in [2.45, 2.75) is 17.8 Å². The summed E-state index contributed by atoms with van der Waals surface area (Å²) in [7, 11) is 0. The topological polar surface area (TPSA) is 54.9 Å². The van der Waals surface area contributed by atoms with Crippen molar-refractivity contribution in [2.24, 2.45) is 0 Å². The van der Waals surface area contributed by atoms with Crippen LogP contribution in [0.3, 0.4) is 0 Å². The first-order chi connectivity index (χ1) is 9.49. The van der Waals surface area contributed by atoms with Gasteiger partial charge in [-0.25, -0.2) is 0 Å². The summed E-state index contributed by atoms with van der Waals surface area (Å²) in [6.45, 7) is 0. The fourth-order valence-corrected chi connectivity index (χ4v) is 3.66. The minimum atomic E-state index is -2.80. The van der Waals surface area contributed by atoms with Gasteiger partial charge in [0.05, 0.1) is 0 Å². The molecule has 1 aromatic heterocycles. The first-order valence-corrected chi connectivity index (χ1v) is 11.1. The molecule has 0 bridgehead atoms. The molecule has 1 amide bonds. The summed E-state index contributed by atoms with van der Waals surface area (Å²) in [6.07, 6.45) is -2.80. The molecule has 0 aliphatic rings. The average molecular weight is 359 g/mol. The zero-order valence-electron chi connectivity index (χ0n) is 10.8. The second-order valence-electron chi connectivity index (χ2n) is 4.18. The van der Waals surface area contributed by atoms with E-state index in [0.717, 1.165) is 0 Å². The van der Waals surface area contributed by atoms with Crippen LogP contribution in [-0.2, 0) is 0 Å². The molecule has 0 atom stereocenters. The number of hydrogen-bond donors (Lipinski definition) is 1. The third-order valence-electron chi connectivity index (χ3n) is 2.57. The summed E-state index contributed by atoms with van der Waals surface area (Å²) in [5.74, 6) is -0.606. The van der Waals surface area contributed by atoms with E-state index in [1.807, 2.05) is 12.1 Å². The number of amides is 1. The van der Waals surface area contributed by atoms with Crippen LogP contribution in [0.1, 0.15) is 21.8 Å². The van der Waals surface area contributed by atoms with Crippen molar-refractivity contribution >= 4 is 42.1 Å². The van der Waals surface area contributed by atoms with Crippen LogP contribution < -0.4 is 9.67 Å². The third kappa shape index (κ3) is 3.40. The van der Waals surface area contributed by atoms with Crippen molar-refractivity contribution in [1.29, 1.82) is 0 Å². The van der Waals surface area contributed by atoms with E-state index < -0.39 is 32.7 Å². The second kappa shape index (κ2) is 6.41. The summed E-state index contributed by atoms with van der Waals surface area (Å²) in [4.78, 5) is 11.8. The van der Waals surface area contributed by atoms with Gasteiger partial charge in [-0.1, -0.05) is 0 Å². The summed E-state index contributed by atoms with van der Waals surface area (Å²) >= 11 is -0.282. The van der Waals surface area contributed by atoms with Crippen molar-refractivity contribution in [3.63, 3.8) is 0 Å². The monoisotopic (exact) mass is 359 g/mol. The van der Waals surface area contributed by atoms with E-state index in [4.69, 9.17) is 0 Å². The number of rotatable bonds is 4. The Morgan fingerprint density at radius 1 is 1.30 bits per heavy atom. The van der Waals surface area contributed by atoms with Gasteiger partial charge >= 0.3 is 123 Å². The SMILES string of the molecule is C[As](C)c1ccc(NC(=O)c2snnc2C(F)F)cc1. The van der Waals surface area contributed by atoms with Gasteiger partial charge in [0.15, 0.2) is 0 Å². The Kier molecular flexibility index (Phi) is 4.83.